The van der Waals surface area contributed by atoms with Gasteiger partial charge in [0.05, 0.1) is 22.0 Å². The highest BCUT2D eigenvalue weighted by atomic mass is 32.2. The average molecular weight is 316 g/mol. The summed E-state index contributed by atoms with van der Waals surface area (Å²) in [6.07, 6.45) is -2.30. The number of benzene rings is 1. The monoisotopic (exact) mass is 316 g/mol. The minimum Gasteiger partial charge on any atom is -0.389 e. The summed E-state index contributed by atoms with van der Waals surface area (Å²) in [5.74, 6) is 0. The van der Waals surface area contributed by atoms with Crippen LogP contribution in [0.1, 0.15) is 11.1 Å². The fourth-order valence-corrected chi connectivity index (χ4v) is 3.81. The number of nitro benzene ring substituents is 1. The standard InChI is InChI=1S/C12H16N2O6S/c1-7-3-9(4-10(8(7)2)14(17)18)21(19,20)13-5-11(15)12(16)6-13/h3-4,11-12,15-16H,5-6H2,1-2H3/t11-,12+. The van der Waals surface area contributed by atoms with Crippen molar-refractivity contribution in [1.29, 1.82) is 0 Å². The summed E-state index contributed by atoms with van der Waals surface area (Å²) in [5.41, 5.74) is 0.623. The highest BCUT2D eigenvalue weighted by Gasteiger charge is 2.38. The summed E-state index contributed by atoms with van der Waals surface area (Å²) < 4.78 is 25.8. The molecular weight excluding hydrogens is 300 g/mol. The number of aliphatic hydroxyl groups is 2. The van der Waals surface area contributed by atoms with E-state index in [-0.39, 0.29) is 23.7 Å². The number of hydrogen-bond donors (Lipinski definition) is 2. The normalized spacial score (nSPS) is 23.4. The van der Waals surface area contributed by atoms with Gasteiger partial charge in [-0.2, -0.15) is 4.31 Å². The van der Waals surface area contributed by atoms with E-state index >= 15 is 0 Å². The SMILES string of the molecule is Cc1cc(S(=O)(=O)N2C[C@@H](O)[C@@H](O)C2)cc([N+](=O)[O-])c1C. The lowest BCUT2D eigenvalue weighted by molar-refractivity contribution is -0.385. The minimum atomic E-state index is -3.99. The van der Waals surface area contributed by atoms with Gasteiger partial charge in [0.15, 0.2) is 0 Å². The van der Waals surface area contributed by atoms with Gasteiger partial charge >= 0.3 is 0 Å². The molecule has 0 saturated carbocycles. The first-order chi connectivity index (χ1) is 9.64. The van der Waals surface area contributed by atoms with E-state index < -0.39 is 27.2 Å². The Labute approximate surface area is 121 Å². The molecule has 0 radical (unpaired) electrons. The summed E-state index contributed by atoms with van der Waals surface area (Å²) in [4.78, 5) is 10.2. The molecule has 116 valence electrons. The van der Waals surface area contributed by atoms with E-state index in [0.717, 1.165) is 10.4 Å². The van der Waals surface area contributed by atoms with Gasteiger partial charge in [-0.25, -0.2) is 8.42 Å². The third kappa shape index (κ3) is 2.77. The number of nitrogens with zero attached hydrogens (tertiary/aromatic N) is 2. The maximum atomic E-state index is 12.4. The Morgan fingerprint density at radius 3 is 2.24 bits per heavy atom. The van der Waals surface area contributed by atoms with E-state index in [1.54, 1.807) is 13.8 Å². The molecule has 2 N–H and O–H groups in total. The van der Waals surface area contributed by atoms with Crippen molar-refractivity contribution in [2.75, 3.05) is 13.1 Å². The summed E-state index contributed by atoms with van der Waals surface area (Å²) >= 11 is 0. The zero-order chi connectivity index (χ0) is 15.9. The lowest BCUT2D eigenvalue weighted by atomic mass is 10.1. The van der Waals surface area contributed by atoms with Gasteiger partial charge in [0, 0.05) is 24.7 Å². The molecule has 0 spiro atoms. The molecular formula is C12H16N2O6S. The van der Waals surface area contributed by atoms with Crippen LogP contribution in [0.15, 0.2) is 17.0 Å². The van der Waals surface area contributed by atoms with Gasteiger partial charge in [0.1, 0.15) is 0 Å². The number of nitro groups is 1. The molecule has 1 fully saturated rings. The Morgan fingerprint density at radius 2 is 1.76 bits per heavy atom. The summed E-state index contributed by atoms with van der Waals surface area (Å²) in [6.45, 7) is 2.68. The van der Waals surface area contributed by atoms with E-state index in [0.29, 0.717) is 11.1 Å². The van der Waals surface area contributed by atoms with Crippen LogP contribution in [-0.4, -0.2) is 53.2 Å². The van der Waals surface area contributed by atoms with Crippen LogP contribution in [0.25, 0.3) is 0 Å². The van der Waals surface area contributed by atoms with Crippen molar-refractivity contribution < 1.29 is 23.6 Å². The fraction of sp³-hybridized carbons (Fsp3) is 0.500. The molecule has 2 atom stereocenters. The molecule has 1 aromatic rings. The Hall–Kier alpha value is -1.55. The number of aliphatic hydroxyl groups excluding tert-OH is 2. The Bertz CT molecular complexity index is 677. The number of aryl methyl sites for hydroxylation is 1. The van der Waals surface area contributed by atoms with Crippen molar-refractivity contribution in [2.24, 2.45) is 0 Å². The Balaban J connectivity index is 2.49. The number of hydrogen-bond acceptors (Lipinski definition) is 6. The van der Waals surface area contributed by atoms with E-state index in [9.17, 15) is 28.7 Å². The molecule has 0 unspecified atom stereocenters. The van der Waals surface area contributed by atoms with Crippen LogP contribution in [0.3, 0.4) is 0 Å². The fourth-order valence-electron chi connectivity index (χ4n) is 2.23. The number of sulfonamides is 1. The van der Waals surface area contributed by atoms with Crippen molar-refractivity contribution in [1.82, 2.24) is 4.31 Å². The average Bonchev–Trinajstić information content (AvgIpc) is 2.73. The van der Waals surface area contributed by atoms with E-state index in [1.165, 1.54) is 6.07 Å². The quantitative estimate of drug-likeness (QED) is 0.595. The second-order valence-electron chi connectivity index (χ2n) is 5.10. The molecule has 1 aromatic carbocycles. The zero-order valence-corrected chi connectivity index (χ0v) is 12.4. The van der Waals surface area contributed by atoms with Crippen molar-refractivity contribution in [3.63, 3.8) is 0 Å². The third-order valence-corrected chi connectivity index (χ3v) is 5.48. The largest absolute Gasteiger partial charge is 0.389 e. The molecule has 0 aromatic heterocycles. The molecule has 1 heterocycles. The molecule has 9 heteroatoms. The van der Waals surface area contributed by atoms with Crippen LogP contribution in [0, 0.1) is 24.0 Å². The summed E-state index contributed by atoms with van der Waals surface area (Å²) in [7, 11) is -3.99. The van der Waals surface area contributed by atoms with Crippen molar-refractivity contribution in [2.45, 2.75) is 31.0 Å². The molecule has 0 bridgehead atoms. The lowest BCUT2D eigenvalue weighted by Crippen LogP contribution is -2.30. The van der Waals surface area contributed by atoms with Crippen LogP contribution in [0.5, 0.6) is 0 Å². The molecule has 0 aliphatic carbocycles. The molecule has 21 heavy (non-hydrogen) atoms. The Kier molecular flexibility index (Phi) is 4.02. The van der Waals surface area contributed by atoms with Crippen LogP contribution >= 0.6 is 0 Å². The molecule has 1 saturated heterocycles. The number of rotatable bonds is 3. The van der Waals surface area contributed by atoms with Crippen molar-refractivity contribution >= 4 is 15.7 Å². The van der Waals surface area contributed by atoms with Crippen molar-refractivity contribution in [3.8, 4) is 0 Å². The second-order valence-corrected chi connectivity index (χ2v) is 7.04. The van der Waals surface area contributed by atoms with Crippen molar-refractivity contribution in [3.05, 3.63) is 33.4 Å². The van der Waals surface area contributed by atoms with Crippen LogP contribution in [0.2, 0.25) is 0 Å². The summed E-state index contributed by atoms with van der Waals surface area (Å²) in [5, 5.41) is 29.9. The summed E-state index contributed by atoms with van der Waals surface area (Å²) in [6, 6.07) is 2.36. The van der Waals surface area contributed by atoms with E-state index in [1.807, 2.05) is 0 Å². The van der Waals surface area contributed by atoms with Crippen LogP contribution < -0.4 is 0 Å². The topological polar surface area (TPSA) is 121 Å². The number of β-amino-alcohol motifs (C(OH)–C–C–N with tert-alkyl or cyclic N) is 2. The van der Waals surface area contributed by atoms with Gasteiger partial charge < -0.3 is 10.2 Å². The van der Waals surface area contributed by atoms with Gasteiger partial charge in [-0.3, -0.25) is 10.1 Å². The maximum absolute atomic E-state index is 12.4. The first-order valence-corrected chi connectivity index (χ1v) is 7.70. The van der Waals surface area contributed by atoms with E-state index in [4.69, 9.17) is 0 Å². The molecule has 8 nitrogen and oxygen atoms in total. The minimum absolute atomic E-state index is 0.210. The smallest absolute Gasteiger partial charge is 0.273 e. The van der Waals surface area contributed by atoms with E-state index in [2.05, 4.69) is 0 Å². The molecule has 0 amide bonds. The first kappa shape index (κ1) is 15.8. The predicted octanol–water partition coefficient (Wildman–Crippen LogP) is -0.0623. The molecule has 2 rings (SSSR count). The first-order valence-electron chi connectivity index (χ1n) is 6.26. The third-order valence-electron chi connectivity index (χ3n) is 3.67. The van der Waals surface area contributed by atoms with Gasteiger partial charge in [-0.1, -0.05) is 0 Å². The zero-order valence-electron chi connectivity index (χ0n) is 11.6. The van der Waals surface area contributed by atoms with Gasteiger partial charge in [0.2, 0.25) is 10.0 Å². The molecule has 1 aliphatic heterocycles. The lowest BCUT2D eigenvalue weighted by Gasteiger charge is -2.16. The second kappa shape index (κ2) is 5.34. The van der Waals surface area contributed by atoms with Gasteiger partial charge in [-0.15, -0.1) is 0 Å². The predicted molar refractivity (Wildman–Crippen MR) is 73.3 cm³/mol. The highest BCUT2D eigenvalue weighted by Crippen LogP contribution is 2.29. The van der Waals surface area contributed by atoms with Crippen LogP contribution in [-0.2, 0) is 10.0 Å². The highest BCUT2D eigenvalue weighted by molar-refractivity contribution is 7.89. The van der Waals surface area contributed by atoms with Crippen LogP contribution in [0.4, 0.5) is 5.69 Å². The molecule has 1 aliphatic rings. The van der Waals surface area contributed by atoms with Gasteiger partial charge in [0.25, 0.3) is 5.69 Å². The van der Waals surface area contributed by atoms with Gasteiger partial charge in [-0.05, 0) is 25.5 Å². The maximum Gasteiger partial charge on any atom is 0.273 e. The Morgan fingerprint density at radius 1 is 1.24 bits per heavy atom.